The summed E-state index contributed by atoms with van der Waals surface area (Å²) in [6.45, 7) is 1.46. The van der Waals surface area contributed by atoms with E-state index in [-0.39, 0.29) is 0 Å². The summed E-state index contributed by atoms with van der Waals surface area (Å²) < 4.78 is 0. The van der Waals surface area contributed by atoms with Gasteiger partial charge in [-0.2, -0.15) is 0 Å². The first-order valence-corrected chi connectivity index (χ1v) is 1.65. The van der Waals surface area contributed by atoms with Crippen molar-refractivity contribution in [3.05, 3.63) is 0 Å². The maximum absolute atomic E-state index is 8.21. The van der Waals surface area contributed by atoms with Gasteiger partial charge in [0.1, 0.15) is 0 Å². The Balaban J connectivity index is 2.63. The topological polar surface area (TPSA) is 38.7 Å². The standard InChI is InChI=1S/C3H8O3/c1-3(4)6-5-2/h3-4H,1-2H3. The molecule has 6 heavy (non-hydrogen) atoms. The summed E-state index contributed by atoms with van der Waals surface area (Å²) in [5.41, 5.74) is 0. The molecule has 0 aliphatic heterocycles. The molecule has 0 aromatic carbocycles. The molecule has 0 radical (unpaired) electrons. The largest absolute Gasteiger partial charge is 0.366 e. The molecular formula is C3H8O3. The van der Waals surface area contributed by atoms with E-state index >= 15 is 0 Å². The first kappa shape index (κ1) is 5.88. The average molecular weight is 92.1 g/mol. The summed E-state index contributed by atoms with van der Waals surface area (Å²) in [7, 11) is 1.34. The van der Waals surface area contributed by atoms with E-state index in [0.717, 1.165) is 0 Å². The van der Waals surface area contributed by atoms with Gasteiger partial charge in [0.05, 0.1) is 7.11 Å². The summed E-state index contributed by atoms with van der Waals surface area (Å²) >= 11 is 0. The fraction of sp³-hybridized carbons (Fsp3) is 1.00. The van der Waals surface area contributed by atoms with Crippen LogP contribution in [0.25, 0.3) is 0 Å². The van der Waals surface area contributed by atoms with Crippen molar-refractivity contribution in [3.8, 4) is 0 Å². The predicted octanol–water partition coefficient (Wildman–Crippen LogP) is -0.0973. The highest BCUT2D eigenvalue weighted by Gasteiger charge is 1.87. The van der Waals surface area contributed by atoms with Crippen molar-refractivity contribution in [1.82, 2.24) is 0 Å². The molecule has 0 rings (SSSR count). The van der Waals surface area contributed by atoms with Gasteiger partial charge in [-0.3, -0.25) is 0 Å². The van der Waals surface area contributed by atoms with Crippen LogP contribution in [-0.2, 0) is 9.78 Å². The maximum Gasteiger partial charge on any atom is 0.185 e. The van der Waals surface area contributed by atoms with Crippen LogP contribution in [0.15, 0.2) is 0 Å². The third-order valence-electron chi connectivity index (χ3n) is 0.235. The molecule has 0 heterocycles. The molecule has 38 valence electrons. The monoisotopic (exact) mass is 92.0 g/mol. The fourth-order valence-corrected chi connectivity index (χ4v) is 0.139. The van der Waals surface area contributed by atoms with Crippen LogP contribution in [-0.4, -0.2) is 18.5 Å². The number of rotatable bonds is 2. The maximum atomic E-state index is 8.21. The summed E-state index contributed by atoms with van der Waals surface area (Å²) in [4.78, 5) is 8.15. The second-order valence-corrected chi connectivity index (χ2v) is 0.862. The average Bonchev–Trinajstić information content (AvgIpc) is 1.35. The molecule has 1 N–H and O–H groups in total. The smallest absolute Gasteiger partial charge is 0.185 e. The van der Waals surface area contributed by atoms with Crippen molar-refractivity contribution in [2.45, 2.75) is 13.2 Å². The Morgan fingerprint density at radius 3 is 2.17 bits per heavy atom. The first-order valence-electron chi connectivity index (χ1n) is 1.65. The van der Waals surface area contributed by atoms with E-state index in [9.17, 15) is 0 Å². The Morgan fingerprint density at radius 1 is 1.67 bits per heavy atom. The van der Waals surface area contributed by atoms with Crippen LogP contribution in [0.4, 0.5) is 0 Å². The van der Waals surface area contributed by atoms with E-state index in [1.54, 1.807) is 0 Å². The Bertz CT molecular complexity index is 27.2. The minimum Gasteiger partial charge on any atom is -0.366 e. The van der Waals surface area contributed by atoms with Crippen LogP contribution in [0.3, 0.4) is 0 Å². The molecule has 3 heteroatoms. The summed E-state index contributed by atoms with van der Waals surface area (Å²) in [6, 6.07) is 0. The molecule has 1 unspecified atom stereocenters. The van der Waals surface area contributed by atoms with E-state index in [1.165, 1.54) is 14.0 Å². The highest BCUT2D eigenvalue weighted by atomic mass is 17.2. The zero-order valence-corrected chi connectivity index (χ0v) is 3.84. The molecule has 0 fully saturated rings. The van der Waals surface area contributed by atoms with Gasteiger partial charge >= 0.3 is 0 Å². The summed E-state index contributed by atoms with van der Waals surface area (Å²) in [6.07, 6.45) is -0.824. The summed E-state index contributed by atoms with van der Waals surface area (Å²) in [5, 5.41) is 8.21. The molecule has 1 atom stereocenters. The third kappa shape index (κ3) is 3.88. The lowest BCUT2D eigenvalue weighted by Gasteiger charge is -1.97. The molecule has 0 amide bonds. The van der Waals surface area contributed by atoms with Gasteiger partial charge in [0, 0.05) is 0 Å². The Hall–Kier alpha value is -0.120. The van der Waals surface area contributed by atoms with Gasteiger partial charge in [-0.05, 0) is 6.92 Å². The molecule has 0 bridgehead atoms. The zero-order valence-electron chi connectivity index (χ0n) is 3.84. The molecule has 0 aliphatic carbocycles. The predicted molar refractivity (Wildman–Crippen MR) is 19.8 cm³/mol. The van der Waals surface area contributed by atoms with Crippen LogP contribution in [0.1, 0.15) is 6.92 Å². The number of aliphatic hydroxyl groups excluding tert-OH is 1. The molecule has 0 spiro atoms. The fourth-order valence-electron chi connectivity index (χ4n) is 0.139. The lowest BCUT2D eigenvalue weighted by Crippen LogP contribution is -2.03. The second-order valence-electron chi connectivity index (χ2n) is 0.862. The van der Waals surface area contributed by atoms with Gasteiger partial charge in [-0.15, -0.1) is 0 Å². The van der Waals surface area contributed by atoms with Gasteiger partial charge in [-0.1, -0.05) is 0 Å². The Labute approximate surface area is 36.4 Å². The van der Waals surface area contributed by atoms with Crippen molar-refractivity contribution in [3.63, 3.8) is 0 Å². The minimum atomic E-state index is -0.824. The Kier molecular flexibility index (Phi) is 3.02. The zero-order chi connectivity index (χ0) is 4.99. The first-order chi connectivity index (χ1) is 2.77. The van der Waals surface area contributed by atoms with Crippen molar-refractivity contribution in [1.29, 1.82) is 0 Å². The van der Waals surface area contributed by atoms with Crippen LogP contribution in [0.5, 0.6) is 0 Å². The van der Waals surface area contributed by atoms with E-state index in [0.29, 0.717) is 0 Å². The number of hydrogen-bond acceptors (Lipinski definition) is 3. The number of aliphatic hydroxyl groups is 1. The lowest BCUT2D eigenvalue weighted by molar-refractivity contribution is -0.348. The van der Waals surface area contributed by atoms with Crippen LogP contribution in [0, 0.1) is 0 Å². The highest BCUT2D eigenvalue weighted by Crippen LogP contribution is 1.79. The summed E-state index contributed by atoms with van der Waals surface area (Å²) in [5.74, 6) is 0. The molecular weight excluding hydrogens is 84.0 g/mol. The third-order valence-corrected chi connectivity index (χ3v) is 0.235. The van der Waals surface area contributed by atoms with Gasteiger partial charge in [0.2, 0.25) is 0 Å². The van der Waals surface area contributed by atoms with Crippen molar-refractivity contribution in [2.24, 2.45) is 0 Å². The number of hydrogen-bond donors (Lipinski definition) is 1. The van der Waals surface area contributed by atoms with E-state index in [4.69, 9.17) is 5.11 Å². The normalized spacial score (nSPS) is 14.5. The lowest BCUT2D eigenvalue weighted by atomic mass is 10.8. The molecule has 0 aliphatic rings. The van der Waals surface area contributed by atoms with Gasteiger partial charge in [0.15, 0.2) is 6.29 Å². The molecule has 0 saturated carbocycles. The molecule has 3 nitrogen and oxygen atoms in total. The van der Waals surface area contributed by atoms with Gasteiger partial charge < -0.3 is 5.11 Å². The van der Waals surface area contributed by atoms with Gasteiger partial charge in [0.25, 0.3) is 0 Å². The SMILES string of the molecule is COOC(C)O. The Morgan fingerprint density at radius 2 is 2.17 bits per heavy atom. The van der Waals surface area contributed by atoms with Crippen LogP contribution < -0.4 is 0 Å². The van der Waals surface area contributed by atoms with Crippen LogP contribution >= 0.6 is 0 Å². The molecule has 0 aromatic heterocycles. The molecule has 0 saturated heterocycles. The van der Waals surface area contributed by atoms with Crippen LogP contribution in [0.2, 0.25) is 0 Å². The van der Waals surface area contributed by atoms with E-state index < -0.39 is 6.29 Å². The highest BCUT2D eigenvalue weighted by molar-refractivity contribution is 4.07. The second kappa shape index (κ2) is 3.08. The van der Waals surface area contributed by atoms with E-state index in [1.807, 2.05) is 0 Å². The van der Waals surface area contributed by atoms with Crippen molar-refractivity contribution in [2.75, 3.05) is 7.11 Å². The quantitative estimate of drug-likeness (QED) is 0.294. The minimum absolute atomic E-state index is 0.824. The van der Waals surface area contributed by atoms with Crippen molar-refractivity contribution < 1.29 is 14.9 Å². The van der Waals surface area contributed by atoms with Crippen molar-refractivity contribution >= 4 is 0 Å². The van der Waals surface area contributed by atoms with E-state index in [2.05, 4.69) is 9.78 Å². The molecule has 0 aromatic rings. The van der Waals surface area contributed by atoms with Gasteiger partial charge in [-0.25, -0.2) is 9.78 Å².